The molecule has 0 aliphatic rings. The third-order valence-electron chi connectivity index (χ3n) is 1.82. The van der Waals surface area contributed by atoms with E-state index in [9.17, 15) is 4.79 Å². The summed E-state index contributed by atoms with van der Waals surface area (Å²) in [6, 6.07) is 5.23. The minimum atomic E-state index is 0.0496. The fourth-order valence-electron chi connectivity index (χ4n) is 1.17. The number of rotatable bonds is 2. The smallest absolute Gasteiger partial charge is 0.181 e. The summed E-state index contributed by atoms with van der Waals surface area (Å²) in [5.41, 5.74) is 0.0496. The molecule has 0 aliphatic heterocycles. The fraction of sp³-hybridized carbons (Fsp3) is 0.100. The maximum Gasteiger partial charge on any atom is 0.181 e. The standard InChI is InChI=1S/C10H8BrNOS/c11-8-5-10(14-7-8)6-12-3-1-9(13)2-4-12/h1-5,7H,6H2. The van der Waals surface area contributed by atoms with Crippen molar-refractivity contribution < 1.29 is 0 Å². The van der Waals surface area contributed by atoms with Crippen LogP contribution in [0, 0.1) is 0 Å². The van der Waals surface area contributed by atoms with Crippen LogP contribution in [0.25, 0.3) is 0 Å². The highest BCUT2D eigenvalue weighted by Gasteiger charge is 1.97. The van der Waals surface area contributed by atoms with E-state index in [1.54, 1.807) is 35.9 Å². The van der Waals surface area contributed by atoms with Crippen LogP contribution in [-0.2, 0) is 6.54 Å². The average molecular weight is 270 g/mol. The highest BCUT2D eigenvalue weighted by Crippen LogP contribution is 2.20. The molecule has 0 saturated heterocycles. The van der Waals surface area contributed by atoms with Gasteiger partial charge in [-0.3, -0.25) is 4.79 Å². The summed E-state index contributed by atoms with van der Waals surface area (Å²) in [5, 5.41) is 2.05. The van der Waals surface area contributed by atoms with E-state index in [1.807, 2.05) is 4.57 Å². The minimum absolute atomic E-state index is 0.0496. The number of aromatic nitrogens is 1. The molecule has 2 rings (SSSR count). The van der Waals surface area contributed by atoms with Crippen LogP contribution in [0.15, 0.2) is 45.2 Å². The van der Waals surface area contributed by atoms with Crippen LogP contribution in [0.4, 0.5) is 0 Å². The van der Waals surface area contributed by atoms with Crippen molar-refractivity contribution in [3.8, 4) is 0 Å². The topological polar surface area (TPSA) is 22.0 Å². The molecule has 0 spiro atoms. The highest BCUT2D eigenvalue weighted by atomic mass is 79.9. The Bertz CT molecular complexity index is 468. The van der Waals surface area contributed by atoms with Crippen LogP contribution in [0.2, 0.25) is 0 Å². The van der Waals surface area contributed by atoms with Gasteiger partial charge in [-0.1, -0.05) is 0 Å². The first kappa shape index (κ1) is 9.68. The van der Waals surface area contributed by atoms with Gasteiger partial charge in [0.05, 0.1) is 6.54 Å². The summed E-state index contributed by atoms with van der Waals surface area (Å²) in [6.45, 7) is 0.816. The van der Waals surface area contributed by atoms with Crippen LogP contribution >= 0.6 is 27.3 Å². The Balaban J connectivity index is 2.19. The Morgan fingerprint density at radius 1 is 1.36 bits per heavy atom. The molecule has 0 atom stereocenters. The second kappa shape index (κ2) is 4.11. The maximum absolute atomic E-state index is 10.9. The van der Waals surface area contributed by atoms with Crippen LogP contribution < -0.4 is 5.43 Å². The number of hydrogen-bond acceptors (Lipinski definition) is 2. The van der Waals surface area contributed by atoms with E-state index in [-0.39, 0.29) is 5.43 Å². The van der Waals surface area contributed by atoms with Crippen LogP contribution in [0.3, 0.4) is 0 Å². The van der Waals surface area contributed by atoms with Gasteiger partial charge in [0.25, 0.3) is 0 Å². The highest BCUT2D eigenvalue weighted by molar-refractivity contribution is 9.10. The van der Waals surface area contributed by atoms with Gasteiger partial charge in [0.1, 0.15) is 0 Å². The van der Waals surface area contributed by atoms with Crippen molar-refractivity contribution in [2.24, 2.45) is 0 Å². The summed E-state index contributed by atoms with van der Waals surface area (Å²) in [6.07, 6.45) is 3.60. The van der Waals surface area contributed by atoms with Crippen LogP contribution in [0.5, 0.6) is 0 Å². The normalized spacial score (nSPS) is 10.4. The molecule has 0 N–H and O–H groups in total. The van der Waals surface area contributed by atoms with Gasteiger partial charge in [-0.15, -0.1) is 11.3 Å². The van der Waals surface area contributed by atoms with E-state index in [0.717, 1.165) is 11.0 Å². The van der Waals surface area contributed by atoms with Gasteiger partial charge in [0.15, 0.2) is 5.43 Å². The first-order chi connectivity index (χ1) is 6.74. The molecule has 72 valence electrons. The summed E-state index contributed by atoms with van der Waals surface area (Å²) in [7, 11) is 0. The minimum Gasteiger partial charge on any atom is -0.349 e. The number of thiophene rings is 1. The number of hydrogen-bond donors (Lipinski definition) is 0. The Kier molecular flexibility index (Phi) is 2.84. The second-order valence-electron chi connectivity index (χ2n) is 2.94. The molecule has 0 saturated carbocycles. The molecule has 2 aromatic rings. The van der Waals surface area contributed by atoms with Crippen LogP contribution in [0.1, 0.15) is 4.88 Å². The van der Waals surface area contributed by atoms with E-state index < -0.39 is 0 Å². The van der Waals surface area contributed by atoms with E-state index in [0.29, 0.717) is 0 Å². The van der Waals surface area contributed by atoms with Gasteiger partial charge in [-0.05, 0) is 22.0 Å². The van der Waals surface area contributed by atoms with Crippen molar-refractivity contribution in [2.75, 3.05) is 0 Å². The number of nitrogens with zero attached hydrogens (tertiary/aromatic N) is 1. The largest absolute Gasteiger partial charge is 0.349 e. The molecule has 2 aromatic heterocycles. The maximum atomic E-state index is 10.9. The third-order valence-corrected chi connectivity index (χ3v) is 3.50. The lowest BCUT2D eigenvalue weighted by molar-refractivity contribution is 0.800. The number of pyridine rings is 1. The predicted molar refractivity (Wildman–Crippen MR) is 61.8 cm³/mol. The van der Waals surface area contributed by atoms with E-state index >= 15 is 0 Å². The molecule has 2 heterocycles. The Morgan fingerprint density at radius 2 is 2.07 bits per heavy atom. The van der Waals surface area contributed by atoms with Crippen molar-refractivity contribution in [3.63, 3.8) is 0 Å². The summed E-state index contributed by atoms with van der Waals surface area (Å²) in [5.74, 6) is 0. The van der Waals surface area contributed by atoms with Gasteiger partial charge in [-0.25, -0.2) is 0 Å². The Morgan fingerprint density at radius 3 is 2.64 bits per heavy atom. The first-order valence-corrected chi connectivity index (χ1v) is 5.80. The monoisotopic (exact) mass is 269 g/mol. The van der Waals surface area contributed by atoms with E-state index in [2.05, 4.69) is 27.4 Å². The van der Waals surface area contributed by atoms with Crippen molar-refractivity contribution in [1.82, 2.24) is 4.57 Å². The molecule has 0 radical (unpaired) electrons. The second-order valence-corrected chi connectivity index (χ2v) is 4.85. The molecule has 0 fully saturated rings. The summed E-state index contributed by atoms with van der Waals surface area (Å²) >= 11 is 5.11. The summed E-state index contributed by atoms with van der Waals surface area (Å²) in [4.78, 5) is 12.1. The lowest BCUT2D eigenvalue weighted by Crippen LogP contribution is -2.03. The van der Waals surface area contributed by atoms with Gasteiger partial charge in [0, 0.05) is 39.3 Å². The van der Waals surface area contributed by atoms with Crippen molar-refractivity contribution in [2.45, 2.75) is 6.54 Å². The molecule has 0 amide bonds. The Labute approximate surface area is 94.0 Å². The van der Waals surface area contributed by atoms with Crippen molar-refractivity contribution in [1.29, 1.82) is 0 Å². The fourth-order valence-corrected chi connectivity index (χ4v) is 2.62. The van der Waals surface area contributed by atoms with Crippen molar-refractivity contribution >= 4 is 27.3 Å². The summed E-state index contributed by atoms with van der Waals surface area (Å²) < 4.78 is 3.10. The molecule has 0 bridgehead atoms. The van der Waals surface area contributed by atoms with Crippen LogP contribution in [-0.4, -0.2) is 4.57 Å². The first-order valence-electron chi connectivity index (χ1n) is 4.13. The van der Waals surface area contributed by atoms with Gasteiger partial charge < -0.3 is 4.57 Å². The lowest BCUT2D eigenvalue weighted by atomic mass is 10.4. The quantitative estimate of drug-likeness (QED) is 0.822. The zero-order valence-corrected chi connectivity index (χ0v) is 9.72. The van der Waals surface area contributed by atoms with E-state index in [1.165, 1.54) is 4.88 Å². The predicted octanol–water partition coefficient (Wildman–Crippen LogP) is 2.72. The molecule has 2 nitrogen and oxygen atoms in total. The molecule has 4 heteroatoms. The molecule has 0 aromatic carbocycles. The lowest BCUT2D eigenvalue weighted by Gasteiger charge is -2.02. The Hall–Kier alpha value is -0.870. The van der Waals surface area contributed by atoms with E-state index in [4.69, 9.17) is 0 Å². The molecular formula is C10H8BrNOS. The molecular weight excluding hydrogens is 262 g/mol. The number of halogens is 1. The average Bonchev–Trinajstić information content (AvgIpc) is 2.56. The van der Waals surface area contributed by atoms with Crippen molar-refractivity contribution in [3.05, 3.63) is 55.5 Å². The van der Waals surface area contributed by atoms with Gasteiger partial charge in [-0.2, -0.15) is 0 Å². The molecule has 14 heavy (non-hydrogen) atoms. The van der Waals surface area contributed by atoms with Gasteiger partial charge in [0.2, 0.25) is 0 Å². The zero-order chi connectivity index (χ0) is 9.97. The zero-order valence-electron chi connectivity index (χ0n) is 7.31. The SMILES string of the molecule is O=c1ccn(Cc2cc(Br)cs2)cc1. The third kappa shape index (κ3) is 2.33. The molecule has 0 aliphatic carbocycles. The van der Waals surface area contributed by atoms with Gasteiger partial charge >= 0.3 is 0 Å². The molecule has 0 unspecified atom stereocenters.